The molecule has 1 aliphatic rings. The first kappa shape index (κ1) is 8.54. The lowest BCUT2D eigenvalue weighted by Gasteiger charge is -1.99. The molecular formula is C8H14S2. The minimum Gasteiger partial charge on any atom is -0.161 e. The monoisotopic (exact) mass is 174 g/mol. The van der Waals surface area contributed by atoms with Crippen LogP contribution in [0.15, 0.2) is 11.5 Å². The molecule has 0 saturated carbocycles. The summed E-state index contributed by atoms with van der Waals surface area (Å²) < 4.78 is 0. The third-order valence-corrected chi connectivity index (χ3v) is 3.88. The Bertz CT molecular complexity index is 97.8. The maximum absolute atomic E-state index is 4.01. The molecule has 0 atom stereocenters. The maximum Gasteiger partial charge on any atom is 0.00676 e. The van der Waals surface area contributed by atoms with Crippen LogP contribution in [0.25, 0.3) is 0 Å². The second-order valence-electron chi connectivity index (χ2n) is 2.46. The molecule has 0 aromatic rings. The highest BCUT2D eigenvalue weighted by Crippen LogP contribution is 2.23. The molecule has 0 bridgehead atoms. The highest BCUT2D eigenvalue weighted by atomic mass is 32.2. The Labute approximate surface area is 71.8 Å². The summed E-state index contributed by atoms with van der Waals surface area (Å²) in [6.45, 7) is 4.01. The van der Waals surface area contributed by atoms with E-state index in [0.717, 1.165) is 0 Å². The van der Waals surface area contributed by atoms with Gasteiger partial charge >= 0.3 is 0 Å². The van der Waals surface area contributed by atoms with Gasteiger partial charge in [0.25, 0.3) is 0 Å². The van der Waals surface area contributed by atoms with E-state index in [1.54, 1.807) is 0 Å². The van der Waals surface area contributed by atoms with Crippen LogP contribution >= 0.6 is 23.5 Å². The lowest BCUT2D eigenvalue weighted by molar-refractivity contribution is 0.819. The normalized spacial score (nSPS) is 23.0. The van der Waals surface area contributed by atoms with Crippen molar-refractivity contribution in [1.82, 2.24) is 0 Å². The van der Waals surface area contributed by atoms with Gasteiger partial charge in [0.1, 0.15) is 0 Å². The van der Waals surface area contributed by atoms with Gasteiger partial charge in [0.2, 0.25) is 0 Å². The van der Waals surface area contributed by atoms with Crippen LogP contribution in [0, 0.1) is 0 Å². The maximum atomic E-state index is 4.01. The summed E-state index contributed by atoms with van der Waals surface area (Å²) in [5, 5.41) is 0. The summed E-state index contributed by atoms with van der Waals surface area (Å²) in [7, 11) is 0. The van der Waals surface area contributed by atoms with E-state index in [0.29, 0.717) is 0 Å². The Morgan fingerprint density at radius 2 is 2.00 bits per heavy atom. The van der Waals surface area contributed by atoms with Crippen LogP contribution < -0.4 is 0 Å². The minimum atomic E-state index is 1.24. The average molecular weight is 174 g/mol. The van der Waals surface area contributed by atoms with Crippen molar-refractivity contribution >= 4 is 23.5 Å². The Morgan fingerprint density at radius 1 is 1.10 bits per heavy atom. The molecular weight excluding hydrogens is 160 g/mol. The van der Waals surface area contributed by atoms with Gasteiger partial charge in [-0.2, -0.15) is 11.8 Å². The van der Waals surface area contributed by atoms with Crippen molar-refractivity contribution in [2.75, 3.05) is 17.3 Å². The number of hydrogen-bond donors (Lipinski definition) is 0. The van der Waals surface area contributed by atoms with Gasteiger partial charge in [-0.1, -0.05) is 6.58 Å². The molecule has 2 heteroatoms. The topological polar surface area (TPSA) is 0 Å². The molecule has 1 fully saturated rings. The summed E-state index contributed by atoms with van der Waals surface area (Å²) in [5.74, 6) is 3.93. The first-order valence-electron chi connectivity index (χ1n) is 3.78. The summed E-state index contributed by atoms with van der Waals surface area (Å²) in [5.41, 5.74) is 0. The van der Waals surface area contributed by atoms with Crippen molar-refractivity contribution in [1.29, 1.82) is 0 Å². The van der Waals surface area contributed by atoms with Gasteiger partial charge in [-0.15, -0.1) is 11.8 Å². The summed E-state index contributed by atoms with van der Waals surface area (Å²) in [6.07, 6.45) is 3.97. The summed E-state index contributed by atoms with van der Waals surface area (Å²) in [4.78, 5) is 1.39. The van der Waals surface area contributed by atoms with Gasteiger partial charge in [-0.25, -0.2) is 0 Å². The molecule has 0 aromatic carbocycles. The average Bonchev–Trinajstić information content (AvgIpc) is 2.02. The molecule has 0 spiro atoms. The molecule has 1 rings (SSSR count). The fourth-order valence-corrected chi connectivity index (χ4v) is 2.94. The van der Waals surface area contributed by atoms with Crippen LogP contribution in [0.5, 0.6) is 0 Å². The van der Waals surface area contributed by atoms with Crippen molar-refractivity contribution in [2.24, 2.45) is 0 Å². The molecule has 0 radical (unpaired) electrons. The fraction of sp³-hybridized carbons (Fsp3) is 0.750. The SMILES string of the molecule is C=C1CCCCSCCS1. The van der Waals surface area contributed by atoms with Crippen molar-refractivity contribution in [2.45, 2.75) is 19.3 Å². The van der Waals surface area contributed by atoms with Crippen LogP contribution in [-0.2, 0) is 0 Å². The number of rotatable bonds is 0. The van der Waals surface area contributed by atoms with Gasteiger partial charge in [0, 0.05) is 11.5 Å². The largest absolute Gasteiger partial charge is 0.161 e. The van der Waals surface area contributed by atoms with Gasteiger partial charge in [-0.05, 0) is 29.9 Å². The standard InChI is InChI=1S/C8H14S2/c1-8-4-2-3-5-9-6-7-10-8/h1-7H2. The van der Waals surface area contributed by atoms with Crippen LogP contribution in [0.1, 0.15) is 19.3 Å². The minimum absolute atomic E-state index is 1.24. The Balaban J connectivity index is 2.21. The number of thioether (sulfide) groups is 2. The molecule has 0 aliphatic carbocycles. The lowest BCUT2D eigenvalue weighted by Crippen LogP contribution is -1.83. The predicted octanol–water partition coefficient (Wildman–Crippen LogP) is 3.15. The Morgan fingerprint density at radius 3 is 2.90 bits per heavy atom. The van der Waals surface area contributed by atoms with Crippen molar-refractivity contribution in [3.63, 3.8) is 0 Å². The molecule has 1 saturated heterocycles. The zero-order valence-corrected chi connectivity index (χ0v) is 7.90. The molecule has 0 amide bonds. The molecule has 0 aromatic heterocycles. The van der Waals surface area contributed by atoms with Crippen molar-refractivity contribution < 1.29 is 0 Å². The van der Waals surface area contributed by atoms with Crippen molar-refractivity contribution in [3.8, 4) is 0 Å². The fourth-order valence-electron chi connectivity index (χ4n) is 0.945. The Kier molecular flexibility index (Phi) is 4.39. The van der Waals surface area contributed by atoms with E-state index < -0.39 is 0 Å². The first-order valence-corrected chi connectivity index (χ1v) is 5.92. The molecule has 1 heterocycles. The van der Waals surface area contributed by atoms with Crippen molar-refractivity contribution in [3.05, 3.63) is 11.5 Å². The van der Waals surface area contributed by atoms with Crippen LogP contribution in [0.3, 0.4) is 0 Å². The van der Waals surface area contributed by atoms with E-state index in [9.17, 15) is 0 Å². The molecule has 10 heavy (non-hydrogen) atoms. The zero-order chi connectivity index (χ0) is 7.23. The van der Waals surface area contributed by atoms with E-state index in [4.69, 9.17) is 0 Å². The van der Waals surface area contributed by atoms with E-state index in [1.807, 2.05) is 11.8 Å². The van der Waals surface area contributed by atoms with Crippen LogP contribution in [0.4, 0.5) is 0 Å². The number of hydrogen-bond acceptors (Lipinski definition) is 2. The molecule has 0 N–H and O–H groups in total. The van der Waals surface area contributed by atoms with Gasteiger partial charge in [-0.3, -0.25) is 0 Å². The lowest BCUT2D eigenvalue weighted by atomic mass is 10.2. The molecule has 0 nitrogen and oxygen atoms in total. The number of allylic oxidation sites excluding steroid dienone is 1. The van der Waals surface area contributed by atoms with Gasteiger partial charge in [0.05, 0.1) is 0 Å². The molecule has 0 unspecified atom stereocenters. The Hall–Kier alpha value is 0.440. The predicted molar refractivity (Wildman–Crippen MR) is 52.8 cm³/mol. The van der Waals surface area contributed by atoms with Crippen LogP contribution in [0.2, 0.25) is 0 Å². The smallest absolute Gasteiger partial charge is 0.00676 e. The highest BCUT2D eigenvalue weighted by Gasteiger charge is 1.99. The highest BCUT2D eigenvalue weighted by molar-refractivity contribution is 8.05. The second kappa shape index (κ2) is 5.14. The van der Waals surface area contributed by atoms with Crippen LogP contribution in [-0.4, -0.2) is 17.3 Å². The van der Waals surface area contributed by atoms with E-state index in [-0.39, 0.29) is 0 Å². The zero-order valence-electron chi connectivity index (χ0n) is 6.27. The molecule has 1 aliphatic heterocycles. The third kappa shape index (κ3) is 3.57. The van der Waals surface area contributed by atoms with Gasteiger partial charge in [0.15, 0.2) is 0 Å². The summed E-state index contributed by atoms with van der Waals surface area (Å²) >= 11 is 4.03. The van der Waals surface area contributed by atoms with E-state index in [2.05, 4.69) is 18.3 Å². The molecule has 58 valence electrons. The third-order valence-electron chi connectivity index (χ3n) is 1.53. The summed E-state index contributed by atoms with van der Waals surface area (Å²) in [6, 6.07) is 0. The van der Waals surface area contributed by atoms with E-state index >= 15 is 0 Å². The van der Waals surface area contributed by atoms with E-state index in [1.165, 1.54) is 41.4 Å². The first-order chi connectivity index (χ1) is 4.89. The van der Waals surface area contributed by atoms with Gasteiger partial charge < -0.3 is 0 Å². The second-order valence-corrected chi connectivity index (χ2v) is 4.96. The quantitative estimate of drug-likeness (QED) is 0.553.